The molecule has 0 aliphatic carbocycles. The van der Waals surface area contributed by atoms with Gasteiger partial charge in [-0.1, -0.05) is 24.3 Å². The number of rotatable bonds is 8. The molecule has 0 saturated carbocycles. The number of piperidine rings is 1. The zero-order valence-corrected chi connectivity index (χ0v) is 16.3. The summed E-state index contributed by atoms with van der Waals surface area (Å²) in [6.45, 7) is 5.05. The van der Waals surface area contributed by atoms with Gasteiger partial charge in [0, 0.05) is 40.1 Å². The van der Waals surface area contributed by atoms with Crippen LogP contribution in [0.2, 0.25) is 0 Å². The van der Waals surface area contributed by atoms with Crippen LogP contribution >= 0.6 is 0 Å². The minimum atomic E-state index is -0.335. The Kier molecular flexibility index (Phi) is 7.79. The summed E-state index contributed by atoms with van der Waals surface area (Å²) in [5, 5.41) is 5.56. The van der Waals surface area contributed by atoms with Crippen LogP contribution in [0.15, 0.2) is 24.3 Å². The van der Waals surface area contributed by atoms with Crippen molar-refractivity contribution >= 4 is 17.7 Å². The first-order chi connectivity index (χ1) is 13.0. The number of ether oxygens (including phenoxy) is 1. The standard InChI is InChI=1S/C20H29N3O4/c1-14-6-4-5-7-16(14)19-17(20(26)22-11-10-21-15(2)24)8-9-18(25)23(19)12-13-27-3/h4-7,17,19H,8-13H2,1-3H3,(H,21,24)(H,22,26)/t17-,19+/m1/s1. The van der Waals surface area contributed by atoms with Gasteiger partial charge in [-0.3, -0.25) is 14.4 Å². The first-order valence-electron chi connectivity index (χ1n) is 9.31. The molecule has 2 atom stereocenters. The zero-order chi connectivity index (χ0) is 19.8. The molecule has 1 saturated heterocycles. The third-order valence-corrected chi connectivity index (χ3v) is 4.88. The number of hydrogen-bond donors (Lipinski definition) is 2. The molecule has 148 valence electrons. The van der Waals surface area contributed by atoms with Gasteiger partial charge in [-0.2, -0.15) is 0 Å². The number of carbonyl (C=O) groups is 3. The third kappa shape index (κ3) is 5.53. The number of likely N-dealkylation sites (tertiary alicyclic amines) is 1. The Bertz CT molecular complexity index is 677. The molecule has 1 aliphatic rings. The van der Waals surface area contributed by atoms with E-state index in [1.807, 2.05) is 31.2 Å². The normalized spacial score (nSPS) is 19.7. The van der Waals surface area contributed by atoms with Crippen LogP contribution in [0, 0.1) is 12.8 Å². The van der Waals surface area contributed by atoms with Gasteiger partial charge < -0.3 is 20.3 Å². The highest BCUT2D eigenvalue weighted by molar-refractivity contribution is 5.85. The number of hydrogen-bond acceptors (Lipinski definition) is 4. The molecular formula is C20H29N3O4. The van der Waals surface area contributed by atoms with E-state index >= 15 is 0 Å². The molecule has 0 aromatic heterocycles. The smallest absolute Gasteiger partial charge is 0.225 e. The SMILES string of the molecule is COCCN1C(=O)CC[C@@H](C(=O)NCCNC(C)=O)[C@@H]1c1ccccc1C. The van der Waals surface area contributed by atoms with Crippen LogP contribution in [-0.4, -0.2) is 56.0 Å². The maximum Gasteiger partial charge on any atom is 0.225 e. The van der Waals surface area contributed by atoms with Crippen LogP contribution in [0.5, 0.6) is 0 Å². The lowest BCUT2D eigenvalue weighted by Crippen LogP contribution is -2.49. The first kappa shape index (κ1) is 20.9. The van der Waals surface area contributed by atoms with Crippen molar-refractivity contribution in [2.75, 3.05) is 33.4 Å². The fourth-order valence-electron chi connectivity index (χ4n) is 3.54. The van der Waals surface area contributed by atoms with E-state index in [-0.39, 0.29) is 29.7 Å². The number of benzene rings is 1. The highest BCUT2D eigenvalue weighted by atomic mass is 16.5. The van der Waals surface area contributed by atoms with Gasteiger partial charge in [0.2, 0.25) is 17.7 Å². The second-order valence-electron chi connectivity index (χ2n) is 6.80. The number of aryl methyl sites for hydroxylation is 1. The lowest BCUT2D eigenvalue weighted by atomic mass is 9.82. The molecule has 7 nitrogen and oxygen atoms in total. The van der Waals surface area contributed by atoms with E-state index in [0.717, 1.165) is 11.1 Å². The maximum atomic E-state index is 12.9. The summed E-state index contributed by atoms with van der Waals surface area (Å²) < 4.78 is 5.17. The lowest BCUT2D eigenvalue weighted by molar-refractivity contribution is -0.144. The molecule has 2 rings (SSSR count). The van der Waals surface area contributed by atoms with Crippen molar-refractivity contribution in [3.8, 4) is 0 Å². The molecule has 1 heterocycles. The van der Waals surface area contributed by atoms with Gasteiger partial charge >= 0.3 is 0 Å². The van der Waals surface area contributed by atoms with Gasteiger partial charge in [0.1, 0.15) is 0 Å². The van der Waals surface area contributed by atoms with Gasteiger partial charge in [-0.25, -0.2) is 0 Å². The van der Waals surface area contributed by atoms with Crippen molar-refractivity contribution < 1.29 is 19.1 Å². The predicted molar refractivity (Wildman–Crippen MR) is 102 cm³/mol. The van der Waals surface area contributed by atoms with Crippen LogP contribution in [0.4, 0.5) is 0 Å². The molecule has 0 spiro atoms. The van der Waals surface area contributed by atoms with Crippen molar-refractivity contribution in [3.05, 3.63) is 35.4 Å². The van der Waals surface area contributed by atoms with Crippen LogP contribution < -0.4 is 10.6 Å². The summed E-state index contributed by atoms with van der Waals surface area (Å²) in [6.07, 6.45) is 0.850. The van der Waals surface area contributed by atoms with E-state index in [4.69, 9.17) is 4.74 Å². The Morgan fingerprint density at radius 2 is 1.93 bits per heavy atom. The summed E-state index contributed by atoms with van der Waals surface area (Å²) >= 11 is 0. The fraction of sp³-hybridized carbons (Fsp3) is 0.550. The van der Waals surface area contributed by atoms with E-state index in [1.54, 1.807) is 12.0 Å². The van der Waals surface area contributed by atoms with Crippen molar-refractivity contribution in [2.45, 2.75) is 32.7 Å². The predicted octanol–water partition coefficient (Wildman–Crippen LogP) is 1.17. The van der Waals surface area contributed by atoms with Crippen LogP contribution in [-0.2, 0) is 19.1 Å². The quantitative estimate of drug-likeness (QED) is 0.668. The molecule has 27 heavy (non-hydrogen) atoms. The van der Waals surface area contributed by atoms with Crippen molar-refractivity contribution in [3.63, 3.8) is 0 Å². The van der Waals surface area contributed by atoms with Crippen LogP contribution in [0.3, 0.4) is 0 Å². The number of nitrogens with zero attached hydrogens (tertiary/aromatic N) is 1. The minimum absolute atomic E-state index is 0.0441. The number of methoxy groups -OCH3 is 1. The molecule has 7 heteroatoms. The highest BCUT2D eigenvalue weighted by Crippen LogP contribution is 2.38. The molecular weight excluding hydrogens is 346 g/mol. The van der Waals surface area contributed by atoms with E-state index in [0.29, 0.717) is 39.1 Å². The molecule has 3 amide bonds. The number of nitrogens with one attached hydrogen (secondary N) is 2. The summed E-state index contributed by atoms with van der Waals surface area (Å²) in [7, 11) is 1.60. The molecule has 0 radical (unpaired) electrons. The van der Waals surface area contributed by atoms with E-state index in [1.165, 1.54) is 6.92 Å². The van der Waals surface area contributed by atoms with Crippen molar-refractivity contribution in [2.24, 2.45) is 5.92 Å². The zero-order valence-electron chi connectivity index (χ0n) is 16.3. The molecule has 1 aromatic rings. The highest BCUT2D eigenvalue weighted by Gasteiger charge is 2.40. The second-order valence-corrected chi connectivity index (χ2v) is 6.80. The van der Waals surface area contributed by atoms with Crippen molar-refractivity contribution in [1.82, 2.24) is 15.5 Å². The van der Waals surface area contributed by atoms with Gasteiger partial charge in [0.25, 0.3) is 0 Å². The molecule has 2 N–H and O–H groups in total. The van der Waals surface area contributed by atoms with Gasteiger partial charge in [0.15, 0.2) is 0 Å². The molecule has 1 aliphatic heterocycles. The topological polar surface area (TPSA) is 87.7 Å². The summed E-state index contributed by atoms with van der Waals surface area (Å²) in [5.41, 5.74) is 2.04. The van der Waals surface area contributed by atoms with E-state index < -0.39 is 0 Å². The van der Waals surface area contributed by atoms with Gasteiger partial charge in [0.05, 0.1) is 18.6 Å². The Hall–Kier alpha value is -2.41. The molecule has 1 aromatic carbocycles. The Labute approximate surface area is 160 Å². The maximum absolute atomic E-state index is 12.9. The third-order valence-electron chi connectivity index (χ3n) is 4.88. The average Bonchev–Trinajstić information content (AvgIpc) is 2.64. The van der Waals surface area contributed by atoms with Gasteiger partial charge in [-0.15, -0.1) is 0 Å². The lowest BCUT2D eigenvalue weighted by Gasteiger charge is -2.41. The van der Waals surface area contributed by atoms with E-state index in [9.17, 15) is 14.4 Å². The first-order valence-corrected chi connectivity index (χ1v) is 9.31. The van der Waals surface area contributed by atoms with Crippen LogP contribution in [0.1, 0.15) is 36.9 Å². The largest absolute Gasteiger partial charge is 0.383 e. The molecule has 0 bridgehead atoms. The number of amides is 3. The average molecular weight is 375 g/mol. The summed E-state index contributed by atoms with van der Waals surface area (Å²) in [5.74, 6) is -0.514. The Morgan fingerprint density at radius 1 is 1.22 bits per heavy atom. The Balaban J connectivity index is 2.22. The fourth-order valence-corrected chi connectivity index (χ4v) is 3.54. The monoisotopic (exact) mass is 375 g/mol. The number of carbonyl (C=O) groups excluding carboxylic acids is 3. The minimum Gasteiger partial charge on any atom is -0.383 e. The second kappa shape index (κ2) is 10.1. The van der Waals surface area contributed by atoms with E-state index in [2.05, 4.69) is 10.6 Å². The van der Waals surface area contributed by atoms with Gasteiger partial charge in [-0.05, 0) is 24.5 Å². The summed E-state index contributed by atoms with van der Waals surface area (Å²) in [6, 6.07) is 7.54. The molecule has 1 fully saturated rings. The Morgan fingerprint density at radius 3 is 2.59 bits per heavy atom. The summed E-state index contributed by atoms with van der Waals surface area (Å²) in [4.78, 5) is 38.2. The van der Waals surface area contributed by atoms with Crippen LogP contribution in [0.25, 0.3) is 0 Å². The molecule has 0 unspecified atom stereocenters. The van der Waals surface area contributed by atoms with Crippen molar-refractivity contribution in [1.29, 1.82) is 0 Å².